The third-order valence-electron chi connectivity index (χ3n) is 1.95. The van der Waals surface area contributed by atoms with Crippen molar-refractivity contribution in [3.63, 3.8) is 0 Å². The number of aliphatic carboxylic acids is 1. The average molecular weight is 247 g/mol. The summed E-state index contributed by atoms with van der Waals surface area (Å²) >= 11 is 0.964. The van der Waals surface area contributed by atoms with E-state index in [0.717, 1.165) is 30.0 Å². The molecule has 1 aromatic carbocycles. The number of nitrogens with one attached hydrogen (secondary N) is 1. The molecule has 6 heteroatoms. The Morgan fingerprint density at radius 3 is 2.81 bits per heavy atom. The maximum atomic E-state index is 13.2. The first-order valence-electron chi connectivity index (χ1n) is 4.52. The van der Waals surface area contributed by atoms with Crippen molar-refractivity contribution in [3.8, 4) is 0 Å². The summed E-state index contributed by atoms with van der Waals surface area (Å²) in [5.74, 6) is -1.98. The Labute approximate surface area is 95.9 Å². The standard InChI is InChI=1S/C10H11F2NO2S/c1-13-8(10(14)15)5-16-9-4-6(11)2-3-7(9)12/h2-4,8,13H,5H2,1H3,(H,14,15). The molecule has 0 saturated carbocycles. The number of carbonyl (C=O) groups is 1. The fraction of sp³-hybridized carbons (Fsp3) is 0.300. The van der Waals surface area contributed by atoms with Crippen molar-refractivity contribution >= 4 is 17.7 Å². The van der Waals surface area contributed by atoms with Crippen molar-refractivity contribution < 1.29 is 18.7 Å². The summed E-state index contributed by atoms with van der Waals surface area (Å²) in [5.41, 5.74) is 0. The molecule has 1 atom stereocenters. The van der Waals surface area contributed by atoms with Crippen LogP contribution >= 0.6 is 11.8 Å². The molecule has 1 unspecified atom stereocenters. The molecule has 1 rings (SSSR count). The molecule has 3 nitrogen and oxygen atoms in total. The van der Waals surface area contributed by atoms with E-state index in [4.69, 9.17) is 5.11 Å². The highest BCUT2D eigenvalue weighted by Crippen LogP contribution is 2.23. The van der Waals surface area contributed by atoms with Crippen molar-refractivity contribution in [3.05, 3.63) is 29.8 Å². The van der Waals surface area contributed by atoms with Crippen molar-refractivity contribution in [2.24, 2.45) is 0 Å². The van der Waals surface area contributed by atoms with Gasteiger partial charge in [0, 0.05) is 10.6 Å². The Kier molecular flexibility index (Phi) is 4.70. The lowest BCUT2D eigenvalue weighted by Gasteiger charge is -2.10. The smallest absolute Gasteiger partial charge is 0.321 e. The van der Waals surface area contributed by atoms with E-state index in [0.29, 0.717) is 0 Å². The lowest BCUT2D eigenvalue weighted by molar-refractivity contribution is -0.138. The Morgan fingerprint density at radius 2 is 2.25 bits per heavy atom. The van der Waals surface area contributed by atoms with Crippen molar-refractivity contribution in [1.29, 1.82) is 0 Å². The van der Waals surface area contributed by atoms with Crippen LogP contribution in [0.25, 0.3) is 0 Å². The zero-order chi connectivity index (χ0) is 12.1. The summed E-state index contributed by atoms with van der Waals surface area (Å²) < 4.78 is 26.0. The predicted molar refractivity (Wildman–Crippen MR) is 57.6 cm³/mol. The predicted octanol–water partition coefficient (Wildman–Crippen LogP) is 1.73. The van der Waals surface area contributed by atoms with Gasteiger partial charge in [0.1, 0.15) is 17.7 Å². The maximum absolute atomic E-state index is 13.2. The van der Waals surface area contributed by atoms with Gasteiger partial charge in [-0.1, -0.05) is 0 Å². The Morgan fingerprint density at radius 1 is 1.56 bits per heavy atom. The van der Waals surface area contributed by atoms with E-state index in [1.165, 1.54) is 7.05 Å². The van der Waals surface area contributed by atoms with Crippen molar-refractivity contribution in [2.75, 3.05) is 12.8 Å². The van der Waals surface area contributed by atoms with Gasteiger partial charge < -0.3 is 10.4 Å². The second-order valence-electron chi connectivity index (χ2n) is 3.07. The van der Waals surface area contributed by atoms with Crippen LogP contribution in [0.4, 0.5) is 8.78 Å². The second kappa shape index (κ2) is 5.81. The summed E-state index contributed by atoms with van der Waals surface area (Å²) in [6.45, 7) is 0. The number of carboxylic acid groups (broad SMARTS) is 1. The molecule has 0 aliphatic carbocycles. The minimum Gasteiger partial charge on any atom is -0.480 e. The topological polar surface area (TPSA) is 49.3 Å². The van der Waals surface area contributed by atoms with Crippen LogP contribution in [-0.4, -0.2) is 29.9 Å². The van der Waals surface area contributed by atoms with E-state index in [2.05, 4.69) is 5.32 Å². The Balaban J connectivity index is 2.66. The van der Waals surface area contributed by atoms with E-state index in [-0.39, 0.29) is 10.6 Å². The minimum atomic E-state index is -1.02. The van der Waals surface area contributed by atoms with E-state index in [1.54, 1.807) is 0 Å². The maximum Gasteiger partial charge on any atom is 0.321 e. The van der Waals surface area contributed by atoms with Crippen LogP contribution in [0.15, 0.2) is 23.1 Å². The number of halogens is 2. The van der Waals surface area contributed by atoms with Crippen LogP contribution in [0.1, 0.15) is 0 Å². The van der Waals surface area contributed by atoms with Crippen LogP contribution in [0.5, 0.6) is 0 Å². The molecule has 0 aliphatic rings. The van der Waals surface area contributed by atoms with Gasteiger partial charge in [-0.25, -0.2) is 8.78 Å². The molecule has 1 aromatic rings. The first kappa shape index (κ1) is 12.9. The normalized spacial score (nSPS) is 12.4. The molecule has 0 heterocycles. The van der Waals surface area contributed by atoms with E-state index < -0.39 is 23.6 Å². The van der Waals surface area contributed by atoms with E-state index in [9.17, 15) is 13.6 Å². The molecule has 16 heavy (non-hydrogen) atoms. The van der Waals surface area contributed by atoms with E-state index >= 15 is 0 Å². The quantitative estimate of drug-likeness (QED) is 0.778. The monoisotopic (exact) mass is 247 g/mol. The number of likely N-dealkylation sites (N-methyl/N-ethyl adjacent to an activating group) is 1. The number of rotatable bonds is 5. The Bertz CT molecular complexity index is 387. The highest BCUT2D eigenvalue weighted by Gasteiger charge is 2.16. The molecule has 0 amide bonds. The fourth-order valence-electron chi connectivity index (χ4n) is 1.04. The van der Waals surface area contributed by atoms with Crippen LogP contribution in [-0.2, 0) is 4.79 Å². The lowest BCUT2D eigenvalue weighted by Crippen LogP contribution is -2.35. The molecule has 0 fully saturated rings. The molecule has 0 spiro atoms. The van der Waals surface area contributed by atoms with Crippen molar-refractivity contribution in [2.45, 2.75) is 10.9 Å². The van der Waals surface area contributed by atoms with Crippen LogP contribution in [0, 0.1) is 11.6 Å². The van der Waals surface area contributed by atoms with Crippen LogP contribution in [0.2, 0.25) is 0 Å². The molecular weight excluding hydrogens is 236 g/mol. The van der Waals surface area contributed by atoms with Gasteiger partial charge in [-0.05, 0) is 25.2 Å². The molecule has 0 aromatic heterocycles. The zero-order valence-corrected chi connectivity index (χ0v) is 9.35. The molecule has 2 N–H and O–H groups in total. The first-order chi connectivity index (χ1) is 7.54. The van der Waals surface area contributed by atoms with Gasteiger partial charge in [0.05, 0.1) is 0 Å². The summed E-state index contributed by atoms with van der Waals surface area (Å²) in [5, 5.41) is 11.3. The van der Waals surface area contributed by atoms with Crippen LogP contribution < -0.4 is 5.32 Å². The highest BCUT2D eigenvalue weighted by molar-refractivity contribution is 7.99. The summed E-state index contributed by atoms with van der Waals surface area (Å²) in [6, 6.07) is 2.31. The van der Waals surface area contributed by atoms with Gasteiger partial charge in [-0.3, -0.25) is 4.79 Å². The number of hydrogen-bond donors (Lipinski definition) is 2. The lowest BCUT2D eigenvalue weighted by atomic mass is 10.3. The summed E-state index contributed by atoms with van der Waals surface area (Å²) in [6.07, 6.45) is 0. The number of hydrogen-bond acceptors (Lipinski definition) is 3. The first-order valence-corrected chi connectivity index (χ1v) is 5.51. The van der Waals surface area contributed by atoms with Gasteiger partial charge in [-0.2, -0.15) is 0 Å². The number of carboxylic acids is 1. The minimum absolute atomic E-state index is 0.113. The number of benzene rings is 1. The molecule has 0 saturated heterocycles. The summed E-state index contributed by atoms with van der Waals surface area (Å²) in [4.78, 5) is 10.8. The average Bonchev–Trinajstić information content (AvgIpc) is 2.23. The molecule has 0 bridgehead atoms. The molecule has 0 aliphatic heterocycles. The van der Waals surface area contributed by atoms with E-state index in [1.807, 2.05) is 0 Å². The molecule has 88 valence electrons. The number of thioether (sulfide) groups is 1. The molecule has 0 radical (unpaired) electrons. The third-order valence-corrected chi connectivity index (χ3v) is 3.07. The fourth-order valence-corrected chi connectivity index (χ4v) is 2.10. The zero-order valence-electron chi connectivity index (χ0n) is 8.54. The van der Waals surface area contributed by atoms with Crippen LogP contribution in [0.3, 0.4) is 0 Å². The molecular formula is C10H11F2NO2S. The third kappa shape index (κ3) is 3.46. The van der Waals surface area contributed by atoms with Gasteiger partial charge in [0.25, 0.3) is 0 Å². The van der Waals surface area contributed by atoms with Gasteiger partial charge in [-0.15, -0.1) is 11.8 Å². The van der Waals surface area contributed by atoms with Gasteiger partial charge in [0.15, 0.2) is 0 Å². The van der Waals surface area contributed by atoms with Gasteiger partial charge >= 0.3 is 5.97 Å². The Hall–Kier alpha value is -1.14. The summed E-state index contributed by atoms with van der Waals surface area (Å²) in [7, 11) is 1.50. The largest absolute Gasteiger partial charge is 0.480 e. The SMILES string of the molecule is CNC(CSc1cc(F)ccc1F)C(=O)O. The van der Waals surface area contributed by atoms with Crippen molar-refractivity contribution in [1.82, 2.24) is 5.32 Å². The van der Waals surface area contributed by atoms with Gasteiger partial charge in [0.2, 0.25) is 0 Å². The second-order valence-corrected chi connectivity index (χ2v) is 4.13. The highest BCUT2D eigenvalue weighted by atomic mass is 32.2.